The number of carbonyl (C=O) groups excluding carboxylic acids is 1. The zero-order valence-electron chi connectivity index (χ0n) is 12.9. The largest absolute Gasteiger partial charge is 0.506 e. The second-order valence-electron chi connectivity index (χ2n) is 6.67. The molecule has 3 heterocycles. The van der Waals surface area contributed by atoms with E-state index in [1.165, 1.54) is 18.5 Å². The summed E-state index contributed by atoms with van der Waals surface area (Å²) in [5.41, 5.74) is 0.168. The Balaban J connectivity index is 1.79. The van der Waals surface area contributed by atoms with Gasteiger partial charge in [0.05, 0.1) is 17.9 Å². The standard InChI is InChI=1S/C16H23N3O3/c1-18-6-3-14(21)16(10-18)4-2-5-19(11-16)15(22)12-7-13(20)9-17-8-12/h7-9,14,20-21H,2-6,10-11H2,1H3/t14-,16-/m0/s1. The van der Waals surface area contributed by atoms with Gasteiger partial charge >= 0.3 is 0 Å². The average Bonchev–Trinajstić information content (AvgIpc) is 2.51. The fourth-order valence-corrected chi connectivity index (χ4v) is 3.83. The molecule has 0 saturated carbocycles. The summed E-state index contributed by atoms with van der Waals surface area (Å²) in [5, 5.41) is 20.0. The molecule has 1 amide bonds. The van der Waals surface area contributed by atoms with Crippen LogP contribution in [-0.4, -0.2) is 70.2 Å². The van der Waals surface area contributed by atoms with Gasteiger partial charge in [0, 0.05) is 37.8 Å². The molecule has 0 unspecified atom stereocenters. The van der Waals surface area contributed by atoms with Gasteiger partial charge in [0.25, 0.3) is 5.91 Å². The normalized spacial score (nSPS) is 29.7. The number of piperidine rings is 2. The van der Waals surface area contributed by atoms with E-state index < -0.39 is 0 Å². The Morgan fingerprint density at radius 1 is 1.36 bits per heavy atom. The summed E-state index contributed by atoms with van der Waals surface area (Å²) >= 11 is 0. The van der Waals surface area contributed by atoms with E-state index in [2.05, 4.69) is 16.9 Å². The number of amides is 1. The maximum absolute atomic E-state index is 12.6. The number of likely N-dealkylation sites (tertiary alicyclic amines) is 2. The Hall–Kier alpha value is -1.66. The number of aromatic nitrogens is 1. The summed E-state index contributed by atoms with van der Waals surface area (Å²) in [6.45, 7) is 2.96. The van der Waals surface area contributed by atoms with E-state index in [0.717, 1.165) is 32.4 Å². The first-order valence-corrected chi connectivity index (χ1v) is 7.80. The molecule has 2 fully saturated rings. The monoisotopic (exact) mass is 305 g/mol. The number of rotatable bonds is 1. The van der Waals surface area contributed by atoms with Crippen LogP contribution in [0.25, 0.3) is 0 Å². The SMILES string of the molecule is CN1CC[C@H](O)[C@@]2(CCCN(C(=O)c3cncc(O)c3)C2)C1. The fraction of sp³-hybridized carbons (Fsp3) is 0.625. The molecule has 120 valence electrons. The summed E-state index contributed by atoms with van der Waals surface area (Å²) < 4.78 is 0. The van der Waals surface area contributed by atoms with Crippen molar-refractivity contribution < 1.29 is 15.0 Å². The van der Waals surface area contributed by atoms with Crippen molar-refractivity contribution in [3.63, 3.8) is 0 Å². The number of aromatic hydroxyl groups is 1. The Morgan fingerprint density at radius 2 is 2.18 bits per heavy atom. The molecule has 0 radical (unpaired) electrons. The molecule has 6 heteroatoms. The van der Waals surface area contributed by atoms with E-state index in [4.69, 9.17) is 0 Å². The molecule has 22 heavy (non-hydrogen) atoms. The third-order valence-electron chi connectivity index (χ3n) is 4.94. The number of hydrogen-bond acceptors (Lipinski definition) is 5. The number of hydrogen-bond donors (Lipinski definition) is 2. The highest BCUT2D eigenvalue weighted by Gasteiger charge is 2.45. The van der Waals surface area contributed by atoms with Crippen molar-refractivity contribution in [1.29, 1.82) is 0 Å². The molecule has 0 bridgehead atoms. The molecule has 1 aromatic heterocycles. The number of carbonyl (C=O) groups is 1. The summed E-state index contributed by atoms with van der Waals surface area (Å²) in [6, 6.07) is 1.44. The second-order valence-corrected chi connectivity index (χ2v) is 6.67. The van der Waals surface area contributed by atoms with Gasteiger partial charge in [-0.1, -0.05) is 0 Å². The molecule has 0 aliphatic carbocycles. The maximum atomic E-state index is 12.6. The molecule has 3 rings (SSSR count). The van der Waals surface area contributed by atoms with Crippen LogP contribution in [0.15, 0.2) is 18.5 Å². The average molecular weight is 305 g/mol. The van der Waals surface area contributed by atoms with Crippen LogP contribution in [0.3, 0.4) is 0 Å². The third-order valence-corrected chi connectivity index (χ3v) is 4.94. The summed E-state index contributed by atoms with van der Waals surface area (Å²) in [4.78, 5) is 20.5. The van der Waals surface area contributed by atoms with Crippen molar-refractivity contribution in [2.45, 2.75) is 25.4 Å². The number of nitrogens with zero attached hydrogens (tertiary/aromatic N) is 3. The van der Waals surface area contributed by atoms with Crippen LogP contribution in [0.2, 0.25) is 0 Å². The smallest absolute Gasteiger partial charge is 0.255 e. The molecule has 2 saturated heterocycles. The van der Waals surface area contributed by atoms with Gasteiger partial charge in [-0.2, -0.15) is 0 Å². The molecule has 6 nitrogen and oxygen atoms in total. The van der Waals surface area contributed by atoms with E-state index in [0.29, 0.717) is 18.7 Å². The van der Waals surface area contributed by atoms with Crippen molar-refractivity contribution in [2.75, 3.05) is 33.2 Å². The maximum Gasteiger partial charge on any atom is 0.255 e. The van der Waals surface area contributed by atoms with Gasteiger partial charge in [-0.25, -0.2) is 0 Å². The Labute approximate surface area is 130 Å². The topological polar surface area (TPSA) is 76.9 Å². The molecule has 2 N–H and O–H groups in total. The fourth-order valence-electron chi connectivity index (χ4n) is 3.83. The molecular weight excluding hydrogens is 282 g/mol. The molecular formula is C16H23N3O3. The van der Waals surface area contributed by atoms with Crippen LogP contribution >= 0.6 is 0 Å². The Morgan fingerprint density at radius 3 is 2.95 bits per heavy atom. The molecule has 0 aromatic carbocycles. The molecule has 1 spiro atoms. The van der Waals surface area contributed by atoms with Crippen molar-refractivity contribution >= 4 is 5.91 Å². The highest BCUT2D eigenvalue weighted by atomic mass is 16.3. The van der Waals surface area contributed by atoms with E-state index in [9.17, 15) is 15.0 Å². The van der Waals surface area contributed by atoms with Gasteiger partial charge in [-0.15, -0.1) is 0 Å². The molecule has 2 aliphatic rings. The van der Waals surface area contributed by atoms with Crippen molar-refractivity contribution in [3.8, 4) is 5.75 Å². The number of aliphatic hydroxyl groups is 1. The zero-order valence-corrected chi connectivity index (χ0v) is 12.9. The Bertz CT molecular complexity index is 565. The first kappa shape index (κ1) is 15.2. The van der Waals surface area contributed by atoms with Crippen LogP contribution in [-0.2, 0) is 0 Å². The molecule has 2 aliphatic heterocycles. The first-order chi connectivity index (χ1) is 10.5. The van der Waals surface area contributed by atoms with Crippen LogP contribution in [0.4, 0.5) is 0 Å². The van der Waals surface area contributed by atoms with Crippen molar-refractivity contribution in [2.24, 2.45) is 5.41 Å². The number of aliphatic hydroxyl groups excluding tert-OH is 1. The lowest BCUT2D eigenvalue weighted by Crippen LogP contribution is -2.59. The lowest BCUT2D eigenvalue weighted by Gasteiger charge is -2.50. The summed E-state index contributed by atoms with van der Waals surface area (Å²) in [7, 11) is 2.06. The van der Waals surface area contributed by atoms with E-state index in [-0.39, 0.29) is 23.2 Å². The minimum Gasteiger partial charge on any atom is -0.506 e. The van der Waals surface area contributed by atoms with Crippen LogP contribution in [0, 0.1) is 5.41 Å². The lowest BCUT2D eigenvalue weighted by atomic mass is 9.71. The van der Waals surface area contributed by atoms with Gasteiger partial charge in [0.1, 0.15) is 5.75 Å². The van der Waals surface area contributed by atoms with Gasteiger partial charge in [0.15, 0.2) is 0 Å². The Kier molecular flexibility index (Phi) is 4.06. The van der Waals surface area contributed by atoms with Gasteiger partial charge < -0.3 is 20.0 Å². The van der Waals surface area contributed by atoms with Crippen molar-refractivity contribution in [1.82, 2.24) is 14.8 Å². The highest BCUT2D eigenvalue weighted by molar-refractivity contribution is 5.94. The van der Waals surface area contributed by atoms with Crippen molar-refractivity contribution in [3.05, 3.63) is 24.0 Å². The highest BCUT2D eigenvalue weighted by Crippen LogP contribution is 2.38. The minimum atomic E-state index is -0.360. The van der Waals surface area contributed by atoms with Crippen LogP contribution in [0.5, 0.6) is 5.75 Å². The predicted octanol–water partition coefficient (Wildman–Crippen LogP) is 0.706. The molecule has 1 aromatic rings. The number of pyridine rings is 1. The van der Waals surface area contributed by atoms with E-state index in [1.807, 2.05) is 0 Å². The van der Waals surface area contributed by atoms with Gasteiger partial charge in [-0.3, -0.25) is 9.78 Å². The molecule has 2 atom stereocenters. The predicted molar refractivity (Wildman–Crippen MR) is 81.6 cm³/mol. The quantitative estimate of drug-likeness (QED) is 0.799. The lowest BCUT2D eigenvalue weighted by molar-refractivity contribution is -0.0731. The van der Waals surface area contributed by atoms with Gasteiger partial charge in [0.2, 0.25) is 0 Å². The van der Waals surface area contributed by atoms with Gasteiger partial charge in [-0.05, 0) is 32.4 Å². The second kappa shape index (κ2) is 5.85. The summed E-state index contributed by atoms with van der Waals surface area (Å²) in [6.07, 6.45) is 5.03. The zero-order chi connectivity index (χ0) is 15.7. The first-order valence-electron chi connectivity index (χ1n) is 7.80. The third kappa shape index (κ3) is 2.80. The van der Waals surface area contributed by atoms with E-state index >= 15 is 0 Å². The summed E-state index contributed by atoms with van der Waals surface area (Å²) in [5.74, 6) is -0.127. The van der Waals surface area contributed by atoms with E-state index in [1.54, 1.807) is 4.90 Å². The van der Waals surface area contributed by atoms with Crippen LogP contribution in [0.1, 0.15) is 29.6 Å². The van der Waals surface area contributed by atoms with Crippen LogP contribution < -0.4 is 0 Å². The minimum absolute atomic E-state index is 0.00462.